The van der Waals surface area contributed by atoms with Gasteiger partial charge < -0.3 is 20.1 Å². The van der Waals surface area contributed by atoms with Gasteiger partial charge in [0.1, 0.15) is 5.82 Å². The van der Waals surface area contributed by atoms with Crippen LogP contribution < -0.4 is 20.1 Å². The Hall–Kier alpha value is -3.11. The summed E-state index contributed by atoms with van der Waals surface area (Å²) in [5.41, 5.74) is 0.705. The van der Waals surface area contributed by atoms with Crippen LogP contribution in [0.2, 0.25) is 10.0 Å². The smallest absolute Gasteiger partial charge is 0.410 e. The quantitative estimate of drug-likeness (QED) is 0.474. The van der Waals surface area contributed by atoms with Crippen LogP contribution >= 0.6 is 23.2 Å². The molecule has 2 aromatic carbocycles. The van der Waals surface area contributed by atoms with E-state index in [1.165, 1.54) is 24.3 Å². The number of nitrogens with zero attached hydrogens (tertiary/aromatic N) is 2. The fourth-order valence-electron chi connectivity index (χ4n) is 3.85. The molecule has 5 rings (SSSR count). The minimum absolute atomic E-state index is 0.0607. The van der Waals surface area contributed by atoms with Crippen LogP contribution in [0.3, 0.4) is 0 Å². The normalized spacial score (nSPS) is 19.1. The molecule has 7 nitrogen and oxygen atoms in total. The third-order valence-electron chi connectivity index (χ3n) is 5.34. The van der Waals surface area contributed by atoms with E-state index in [0.29, 0.717) is 32.8 Å². The summed E-state index contributed by atoms with van der Waals surface area (Å²) < 4.78 is 53.1. The van der Waals surface area contributed by atoms with Gasteiger partial charge in [-0.25, -0.2) is 4.68 Å². The van der Waals surface area contributed by atoms with E-state index in [-0.39, 0.29) is 24.7 Å². The predicted molar refractivity (Wildman–Crippen MR) is 115 cm³/mol. The highest BCUT2D eigenvalue weighted by molar-refractivity contribution is 6.35. The topological polar surface area (TPSA) is 77.4 Å². The van der Waals surface area contributed by atoms with Crippen LogP contribution in [0.5, 0.6) is 11.5 Å². The highest BCUT2D eigenvalue weighted by atomic mass is 35.5. The van der Waals surface area contributed by atoms with E-state index in [2.05, 4.69) is 15.7 Å². The number of hydrogen-bond acceptors (Lipinski definition) is 5. The molecule has 0 saturated carbocycles. The first kappa shape index (κ1) is 21.7. The van der Waals surface area contributed by atoms with Gasteiger partial charge in [0.15, 0.2) is 23.2 Å². The maximum Gasteiger partial charge on any atom is 0.410 e. The van der Waals surface area contributed by atoms with E-state index in [4.69, 9.17) is 32.7 Å². The Morgan fingerprint density at radius 2 is 1.82 bits per heavy atom. The average molecular weight is 499 g/mol. The van der Waals surface area contributed by atoms with Gasteiger partial charge in [-0.2, -0.15) is 18.3 Å². The lowest BCUT2D eigenvalue weighted by molar-refractivity contribution is -0.173. The van der Waals surface area contributed by atoms with Crippen molar-refractivity contribution in [2.24, 2.45) is 0 Å². The van der Waals surface area contributed by atoms with Gasteiger partial charge in [0.05, 0.1) is 6.04 Å². The Morgan fingerprint density at radius 1 is 1.09 bits per heavy atom. The minimum atomic E-state index is -4.58. The molecule has 2 unspecified atom stereocenters. The summed E-state index contributed by atoms with van der Waals surface area (Å²) in [6.45, 7) is 0.0607. The largest absolute Gasteiger partial charge is 0.454 e. The monoisotopic (exact) mass is 498 g/mol. The number of rotatable bonds is 3. The average Bonchev–Trinajstić information content (AvgIpc) is 3.37. The lowest BCUT2D eigenvalue weighted by Gasteiger charge is -2.33. The van der Waals surface area contributed by atoms with Crippen molar-refractivity contribution in [2.75, 3.05) is 17.4 Å². The molecule has 2 atom stereocenters. The van der Waals surface area contributed by atoms with Crippen molar-refractivity contribution in [3.8, 4) is 11.5 Å². The number of nitrogens with one attached hydrogen (secondary N) is 2. The van der Waals surface area contributed by atoms with E-state index in [1.54, 1.807) is 18.2 Å². The Balaban J connectivity index is 1.45. The maximum atomic E-state index is 13.9. The third kappa shape index (κ3) is 4.28. The molecule has 2 N–H and O–H groups in total. The zero-order valence-corrected chi connectivity index (χ0v) is 18.1. The number of fused-ring (bicyclic) bond motifs is 2. The summed E-state index contributed by atoms with van der Waals surface area (Å²) in [7, 11) is 0. The fourth-order valence-corrected chi connectivity index (χ4v) is 4.38. The van der Waals surface area contributed by atoms with Gasteiger partial charge in [0.25, 0.3) is 5.91 Å². The molecule has 0 bridgehead atoms. The number of benzene rings is 2. The molecule has 2 aliphatic heterocycles. The number of carbonyl (C=O) groups is 1. The molecule has 0 aliphatic carbocycles. The van der Waals surface area contributed by atoms with E-state index in [9.17, 15) is 18.0 Å². The Morgan fingerprint density at radius 3 is 2.55 bits per heavy atom. The molecule has 3 heterocycles. The highest BCUT2D eigenvalue weighted by Crippen LogP contribution is 2.45. The first-order chi connectivity index (χ1) is 15.7. The van der Waals surface area contributed by atoms with Crippen LogP contribution in [-0.2, 0) is 0 Å². The molecule has 3 aromatic rings. The molecule has 1 aromatic heterocycles. The molecule has 0 spiro atoms. The molecule has 33 heavy (non-hydrogen) atoms. The van der Waals surface area contributed by atoms with E-state index >= 15 is 0 Å². The summed E-state index contributed by atoms with van der Waals surface area (Å²) >= 11 is 11.9. The minimum Gasteiger partial charge on any atom is -0.454 e. The van der Waals surface area contributed by atoms with Crippen molar-refractivity contribution in [1.82, 2.24) is 9.78 Å². The zero-order chi connectivity index (χ0) is 23.3. The molecule has 172 valence electrons. The summed E-state index contributed by atoms with van der Waals surface area (Å²) in [5, 5.41) is 10.1. The SMILES string of the molecule is O=C(Nc1cc(Cl)cc(Cl)c1)c1cc2n(n1)C(C(F)(F)F)CC(c1ccc3c(c1)OCO3)N2. The number of halogens is 5. The summed E-state index contributed by atoms with van der Waals surface area (Å²) in [5.74, 6) is 0.377. The molecule has 12 heteroatoms. The number of ether oxygens (including phenoxy) is 2. The fraction of sp³-hybridized carbons (Fsp3) is 0.238. The number of anilines is 2. The van der Waals surface area contributed by atoms with Gasteiger partial charge >= 0.3 is 6.18 Å². The number of hydrogen-bond donors (Lipinski definition) is 2. The van der Waals surface area contributed by atoms with Crippen molar-refractivity contribution in [1.29, 1.82) is 0 Å². The van der Waals surface area contributed by atoms with E-state index < -0.39 is 24.2 Å². The standard InChI is InChI=1S/C21H15Cl2F3N4O3/c22-11-4-12(23)6-13(5-11)27-20(31)15-8-19-28-14(7-18(21(24,25)26)30(19)29-15)10-1-2-16-17(3-10)33-9-32-16/h1-6,8,14,18,28H,7,9H2,(H,27,31). The van der Waals surface area contributed by atoms with Crippen LogP contribution in [0, 0.1) is 0 Å². The second kappa shape index (κ2) is 8.03. The molecular weight excluding hydrogens is 484 g/mol. The second-order valence-corrected chi connectivity index (χ2v) is 8.45. The molecular formula is C21H15Cl2F3N4O3. The van der Waals surface area contributed by atoms with Gasteiger partial charge in [-0.3, -0.25) is 4.79 Å². The summed E-state index contributed by atoms with van der Waals surface area (Å²) in [4.78, 5) is 12.7. The van der Waals surface area contributed by atoms with Crippen molar-refractivity contribution in [2.45, 2.75) is 24.7 Å². The van der Waals surface area contributed by atoms with E-state index in [0.717, 1.165) is 4.68 Å². The Bertz CT molecular complexity index is 1230. The summed E-state index contributed by atoms with van der Waals surface area (Å²) in [6.07, 6.45) is -4.89. The number of aromatic nitrogens is 2. The predicted octanol–water partition coefficient (Wildman–Crippen LogP) is 5.83. The highest BCUT2D eigenvalue weighted by Gasteiger charge is 2.47. The molecule has 1 amide bonds. The van der Waals surface area contributed by atoms with Crippen LogP contribution in [-0.4, -0.2) is 28.7 Å². The van der Waals surface area contributed by atoms with Gasteiger partial charge in [-0.15, -0.1) is 0 Å². The zero-order valence-electron chi connectivity index (χ0n) is 16.6. The summed E-state index contributed by atoms with van der Waals surface area (Å²) in [6, 6.07) is 8.08. The molecule has 0 radical (unpaired) electrons. The van der Waals surface area contributed by atoms with Gasteiger partial charge in [-0.05, 0) is 35.9 Å². The first-order valence-electron chi connectivity index (χ1n) is 9.77. The van der Waals surface area contributed by atoms with E-state index in [1.807, 2.05) is 0 Å². The van der Waals surface area contributed by atoms with Crippen LogP contribution in [0.4, 0.5) is 24.7 Å². The number of carbonyl (C=O) groups excluding carboxylic acids is 1. The van der Waals surface area contributed by atoms with Crippen LogP contribution in [0.1, 0.15) is 34.6 Å². The van der Waals surface area contributed by atoms with Gasteiger partial charge in [0, 0.05) is 28.2 Å². The van der Waals surface area contributed by atoms with Crippen molar-refractivity contribution in [3.05, 3.63) is 63.8 Å². The lowest BCUT2D eigenvalue weighted by Crippen LogP contribution is -2.35. The van der Waals surface area contributed by atoms with Crippen molar-refractivity contribution in [3.63, 3.8) is 0 Å². The molecule has 0 fully saturated rings. The van der Waals surface area contributed by atoms with Crippen molar-refractivity contribution >= 4 is 40.6 Å². The Kier molecular flexibility index (Phi) is 5.29. The first-order valence-corrected chi connectivity index (χ1v) is 10.5. The number of amides is 1. The van der Waals surface area contributed by atoms with Crippen LogP contribution in [0.25, 0.3) is 0 Å². The number of alkyl halides is 3. The third-order valence-corrected chi connectivity index (χ3v) is 5.78. The Labute approximate surface area is 195 Å². The molecule has 2 aliphatic rings. The van der Waals surface area contributed by atoms with Gasteiger partial charge in [-0.1, -0.05) is 29.3 Å². The second-order valence-electron chi connectivity index (χ2n) is 7.57. The maximum absolute atomic E-state index is 13.9. The van der Waals surface area contributed by atoms with Crippen LogP contribution in [0.15, 0.2) is 42.5 Å². The van der Waals surface area contributed by atoms with Gasteiger partial charge in [0.2, 0.25) is 6.79 Å². The molecule has 0 saturated heterocycles. The van der Waals surface area contributed by atoms with Crippen molar-refractivity contribution < 1.29 is 27.4 Å². The lowest BCUT2D eigenvalue weighted by atomic mass is 9.96.